The van der Waals surface area contributed by atoms with Crippen LogP contribution in [0.25, 0.3) is 0 Å². The number of hydrogen-bond donors (Lipinski definition) is 0. The zero-order valence-electron chi connectivity index (χ0n) is 9.35. The van der Waals surface area contributed by atoms with Crippen molar-refractivity contribution in [3.63, 3.8) is 0 Å². The summed E-state index contributed by atoms with van der Waals surface area (Å²) in [6.45, 7) is 11.9. The van der Waals surface area contributed by atoms with Crippen molar-refractivity contribution in [2.45, 2.75) is 53.9 Å². The van der Waals surface area contributed by atoms with Gasteiger partial charge in [-0.15, -0.1) is 0 Å². The van der Waals surface area contributed by atoms with Crippen LogP contribution in [0.15, 0.2) is 0 Å². The fraction of sp³-hybridized carbons (Fsp3) is 1.00. The fourth-order valence-corrected chi connectivity index (χ4v) is 3.62. The first-order chi connectivity index (χ1) is 5.65. The van der Waals surface area contributed by atoms with E-state index in [4.69, 9.17) is 0 Å². The van der Waals surface area contributed by atoms with Crippen LogP contribution < -0.4 is 0 Å². The molecule has 0 N–H and O–H groups in total. The Labute approximate surface area is 77.7 Å². The van der Waals surface area contributed by atoms with E-state index in [1.165, 1.54) is 19.3 Å². The normalized spacial score (nSPS) is 42.8. The minimum absolute atomic E-state index is 0.726. The standard InChI is InChI=1S/C12H24/c1-6-9(4)12(8-3)10(5)11(12)7-2/h9-11H,6-8H2,1-5H3. The Hall–Kier alpha value is 0. The monoisotopic (exact) mass is 168 g/mol. The molecule has 0 spiro atoms. The van der Waals surface area contributed by atoms with E-state index in [1.807, 2.05) is 0 Å². The molecule has 0 aliphatic heterocycles. The molecule has 0 bridgehead atoms. The maximum Gasteiger partial charge on any atom is -0.0215 e. The van der Waals surface area contributed by atoms with Gasteiger partial charge >= 0.3 is 0 Å². The number of hydrogen-bond acceptors (Lipinski definition) is 0. The average molecular weight is 168 g/mol. The van der Waals surface area contributed by atoms with Crippen molar-refractivity contribution in [3.05, 3.63) is 0 Å². The van der Waals surface area contributed by atoms with Crippen LogP contribution in [-0.2, 0) is 0 Å². The van der Waals surface area contributed by atoms with Gasteiger partial charge in [-0.3, -0.25) is 0 Å². The van der Waals surface area contributed by atoms with Gasteiger partial charge in [-0.25, -0.2) is 0 Å². The summed E-state index contributed by atoms with van der Waals surface area (Å²) < 4.78 is 0. The lowest BCUT2D eigenvalue weighted by molar-refractivity contribution is 0.266. The lowest BCUT2D eigenvalue weighted by atomic mass is 9.82. The maximum atomic E-state index is 2.45. The summed E-state index contributed by atoms with van der Waals surface area (Å²) in [6, 6.07) is 0. The van der Waals surface area contributed by atoms with Crippen LogP contribution in [0.1, 0.15) is 53.9 Å². The zero-order chi connectivity index (χ0) is 9.35. The molecule has 1 rings (SSSR count). The van der Waals surface area contributed by atoms with Gasteiger partial charge in [0, 0.05) is 0 Å². The van der Waals surface area contributed by atoms with E-state index in [2.05, 4.69) is 34.6 Å². The molecule has 1 aliphatic carbocycles. The Morgan fingerprint density at radius 3 is 2.08 bits per heavy atom. The first kappa shape index (κ1) is 10.1. The van der Waals surface area contributed by atoms with Crippen molar-refractivity contribution < 1.29 is 0 Å². The SMILES string of the molecule is CCC(C)C1(CC)C(C)C1CC. The van der Waals surface area contributed by atoms with Crippen molar-refractivity contribution in [1.82, 2.24) is 0 Å². The van der Waals surface area contributed by atoms with E-state index >= 15 is 0 Å². The summed E-state index contributed by atoms with van der Waals surface area (Å²) in [4.78, 5) is 0. The third kappa shape index (κ3) is 1.11. The molecule has 1 fully saturated rings. The maximum absolute atomic E-state index is 2.45. The van der Waals surface area contributed by atoms with Gasteiger partial charge in [-0.05, 0) is 29.6 Å². The van der Waals surface area contributed by atoms with Crippen molar-refractivity contribution in [3.8, 4) is 0 Å². The Balaban J connectivity index is 2.67. The van der Waals surface area contributed by atoms with Crippen LogP contribution in [0, 0.1) is 23.2 Å². The molecule has 0 nitrogen and oxygen atoms in total. The summed E-state index contributed by atoms with van der Waals surface area (Å²) in [5.41, 5.74) is 0.726. The molecule has 0 aromatic rings. The minimum atomic E-state index is 0.726. The van der Waals surface area contributed by atoms with Gasteiger partial charge in [0.25, 0.3) is 0 Å². The molecule has 12 heavy (non-hydrogen) atoms. The summed E-state index contributed by atoms with van der Waals surface area (Å²) >= 11 is 0. The molecule has 4 unspecified atom stereocenters. The summed E-state index contributed by atoms with van der Waals surface area (Å²) in [7, 11) is 0. The van der Waals surface area contributed by atoms with Crippen LogP contribution >= 0.6 is 0 Å². The van der Waals surface area contributed by atoms with E-state index in [-0.39, 0.29) is 0 Å². The van der Waals surface area contributed by atoms with Crippen molar-refractivity contribution in [2.24, 2.45) is 23.2 Å². The highest BCUT2D eigenvalue weighted by molar-refractivity contribution is 5.08. The quantitative estimate of drug-likeness (QED) is 0.592. The van der Waals surface area contributed by atoms with Gasteiger partial charge in [0.15, 0.2) is 0 Å². The lowest BCUT2D eigenvalue weighted by Crippen LogP contribution is -2.15. The predicted molar refractivity (Wildman–Crippen MR) is 55.1 cm³/mol. The molecule has 0 heterocycles. The molecule has 1 saturated carbocycles. The molecular weight excluding hydrogens is 144 g/mol. The predicted octanol–water partition coefficient (Wildman–Crippen LogP) is 4.10. The zero-order valence-corrected chi connectivity index (χ0v) is 9.35. The Morgan fingerprint density at radius 2 is 1.83 bits per heavy atom. The average Bonchev–Trinajstić information content (AvgIpc) is 2.70. The highest BCUT2D eigenvalue weighted by Crippen LogP contribution is 2.67. The second-order valence-corrected chi connectivity index (χ2v) is 4.58. The second kappa shape index (κ2) is 3.40. The van der Waals surface area contributed by atoms with Gasteiger partial charge in [0.05, 0.1) is 0 Å². The third-order valence-corrected chi connectivity index (χ3v) is 4.61. The van der Waals surface area contributed by atoms with E-state index < -0.39 is 0 Å². The molecule has 1 aliphatic rings. The highest BCUT2D eigenvalue weighted by atomic mass is 14.6. The second-order valence-electron chi connectivity index (χ2n) is 4.58. The molecule has 0 heteroatoms. The molecular formula is C12H24. The van der Waals surface area contributed by atoms with Gasteiger partial charge in [-0.2, -0.15) is 0 Å². The van der Waals surface area contributed by atoms with Crippen LogP contribution in [0.3, 0.4) is 0 Å². The highest BCUT2D eigenvalue weighted by Gasteiger charge is 2.60. The summed E-state index contributed by atoms with van der Waals surface area (Å²) in [6.07, 6.45) is 4.13. The van der Waals surface area contributed by atoms with Crippen molar-refractivity contribution in [1.29, 1.82) is 0 Å². The van der Waals surface area contributed by atoms with E-state index in [0.29, 0.717) is 0 Å². The Bertz CT molecular complexity index is 142. The third-order valence-electron chi connectivity index (χ3n) is 4.61. The Morgan fingerprint density at radius 1 is 1.25 bits per heavy atom. The molecule has 0 radical (unpaired) electrons. The smallest absolute Gasteiger partial charge is 0.0215 e. The molecule has 0 amide bonds. The topological polar surface area (TPSA) is 0 Å². The molecule has 0 aromatic carbocycles. The van der Waals surface area contributed by atoms with Crippen LogP contribution in [0.2, 0.25) is 0 Å². The molecule has 72 valence electrons. The molecule has 4 atom stereocenters. The van der Waals surface area contributed by atoms with Crippen LogP contribution in [0.4, 0.5) is 0 Å². The fourth-order valence-electron chi connectivity index (χ4n) is 3.62. The Kier molecular flexibility index (Phi) is 2.85. The molecule has 0 saturated heterocycles. The first-order valence-electron chi connectivity index (χ1n) is 5.65. The summed E-state index contributed by atoms with van der Waals surface area (Å²) in [5, 5.41) is 0. The molecule has 0 aromatic heterocycles. The van der Waals surface area contributed by atoms with Crippen LogP contribution in [0.5, 0.6) is 0 Å². The van der Waals surface area contributed by atoms with E-state index in [0.717, 1.165) is 23.2 Å². The van der Waals surface area contributed by atoms with Gasteiger partial charge in [0.1, 0.15) is 0 Å². The van der Waals surface area contributed by atoms with E-state index in [9.17, 15) is 0 Å². The van der Waals surface area contributed by atoms with Gasteiger partial charge in [0.2, 0.25) is 0 Å². The van der Waals surface area contributed by atoms with Gasteiger partial charge in [-0.1, -0.05) is 47.5 Å². The van der Waals surface area contributed by atoms with Crippen molar-refractivity contribution in [2.75, 3.05) is 0 Å². The van der Waals surface area contributed by atoms with Crippen molar-refractivity contribution >= 4 is 0 Å². The summed E-state index contributed by atoms with van der Waals surface area (Å²) in [5.74, 6) is 2.95. The van der Waals surface area contributed by atoms with E-state index in [1.54, 1.807) is 0 Å². The first-order valence-corrected chi connectivity index (χ1v) is 5.65. The van der Waals surface area contributed by atoms with Gasteiger partial charge < -0.3 is 0 Å². The lowest BCUT2D eigenvalue weighted by Gasteiger charge is -2.23. The van der Waals surface area contributed by atoms with Crippen LogP contribution in [-0.4, -0.2) is 0 Å². The largest absolute Gasteiger partial charge is 0.0651 e. The minimum Gasteiger partial charge on any atom is -0.0651 e. The number of rotatable bonds is 4.